The first kappa shape index (κ1) is 28.2. The van der Waals surface area contributed by atoms with E-state index in [1.54, 1.807) is 0 Å². The van der Waals surface area contributed by atoms with E-state index in [0.717, 1.165) is 38.9 Å². The highest BCUT2D eigenvalue weighted by Crippen LogP contribution is 2.38. The highest BCUT2D eigenvalue weighted by molar-refractivity contribution is 5.73. The first-order valence-corrected chi connectivity index (χ1v) is 12.4. The summed E-state index contributed by atoms with van der Waals surface area (Å²) in [6.07, 6.45) is -0.567. The van der Waals surface area contributed by atoms with Crippen molar-refractivity contribution in [2.45, 2.75) is 59.2 Å². The highest BCUT2D eigenvalue weighted by atomic mass is 19.4. The van der Waals surface area contributed by atoms with E-state index >= 15 is 0 Å². The van der Waals surface area contributed by atoms with Crippen LogP contribution in [0, 0.1) is 20.8 Å². The van der Waals surface area contributed by atoms with Crippen LogP contribution in [0.15, 0.2) is 42.5 Å². The summed E-state index contributed by atoms with van der Waals surface area (Å²) in [4.78, 5) is 11.4. The average molecular weight is 517 g/mol. The zero-order chi connectivity index (χ0) is 27.2. The molecule has 9 heteroatoms. The average Bonchev–Trinajstić information content (AvgIpc) is 3.14. The third-order valence-corrected chi connectivity index (χ3v) is 6.40. The fraction of sp³-hybridized carbons (Fsp3) is 0.429. The summed E-state index contributed by atoms with van der Waals surface area (Å²) in [6.45, 7) is 9.64. The Morgan fingerprint density at radius 1 is 1.11 bits per heavy atom. The number of nitrogens with zero attached hydrogens (tertiary/aromatic N) is 3. The van der Waals surface area contributed by atoms with Crippen molar-refractivity contribution in [3.05, 3.63) is 76.0 Å². The van der Waals surface area contributed by atoms with Crippen LogP contribution in [0.4, 0.5) is 24.7 Å². The van der Waals surface area contributed by atoms with E-state index in [9.17, 15) is 13.2 Å². The maximum Gasteiger partial charge on any atom is 0.490 e. The number of carbonyl (C=O) groups is 1. The van der Waals surface area contributed by atoms with Gasteiger partial charge in [0, 0.05) is 37.1 Å². The van der Waals surface area contributed by atoms with Crippen molar-refractivity contribution in [3.63, 3.8) is 0 Å². The van der Waals surface area contributed by atoms with E-state index in [1.165, 1.54) is 51.4 Å². The molecule has 6 nitrogen and oxygen atoms in total. The monoisotopic (exact) mass is 516 g/mol. The number of benzene rings is 2. The number of rotatable bonds is 7. The molecule has 200 valence electrons. The molecule has 0 amide bonds. The molecular weight excluding hydrogens is 481 g/mol. The maximum atomic E-state index is 10.6. The number of nitrogens with one attached hydrogen (secondary N) is 1. The molecule has 0 radical (unpaired) electrons. The number of halogens is 3. The SMILES string of the molecule is Cc1cc(C)c(N2CCCc3c2nn(C)c3CCCNCc2ccccc2)c(C)c1.O=C(O)C(F)(F)F. The Balaban J connectivity index is 0.000000479. The van der Waals surface area contributed by atoms with Crippen molar-refractivity contribution in [1.82, 2.24) is 15.1 Å². The van der Waals surface area contributed by atoms with Gasteiger partial charge in [0.1, 0.15) is 0 Å². The molecule has 0 aliphatic carbocycles. The van der Waals surface area contributed by atoms with Crippen LogP contribution < -0.4 is 10.2 Å². The number of hydrogen-bond acceptors (Lipinski definition) is 4. The molecule has 1 aliphatic rings. The predicted molar refractivity (Wildman–Crippen MR) is 139 cm³/mol. The van der Waals surface area contributed by atoms with Crippen LogP contribution in [0.1, 0.15) is 46.4 Å². The fourth-order valence-corrected chi connectivity index (χ4v) is 4.92. The molecule has 2 aromatic carbocycles. The number of carboxylic acids is 1. The molecule has 0 atom stereocenters. The van der Waals surface area contributed by atoms with Gasteiger partial charge in [-0.1, -0.05) is 48.0 Å². The number of aliphatic carboxylic acids is 1. The van der Waals surface area contributed by atoms with Gasteiger partial charge in [0.15, 0.2) is 5.82 Å². The van der Waals surface area contributed by atoms with Crippen LogP contribution in [0.25, 0.3) is 0 Å². The molecule has 0 saturated carbocycles. The van der Waals surface area contributed by atoms with Gasteiger partial charge in [-0.3, -0.25) is 4.68 Å². The second kappa shape index (κ2) is 12.3. The quantitative estimate of drug-likeness (QED) is 0.389. The molecule has 2 N–H and O–H groups in total. The van der Waals surface area contributed by atoms with Crippen molar-refractivity contribution in [2.24, 2.45) is 7.05 Å². The van der Waals surface area contributed by atoms with Gasteiger partial charge < -0.3 is 15.3 Å². The molecule has 1 aromatic heterocycles. The molecule has 0 saturated heterocycles. The standard InChI is InChI=1S/C26H34N4.C2HF3O2/c1-19-16-20(2)25(21(3)17-19)30-15-9-12-23-24(29(4)28-26(23)30)13-8-14-27-18-22-10-6-5-7-11-22;3-2(4,5)1(6)7/h5-7,10-11,16-17,27H,8-9,12-15,18H2,1-4H3;(H,6,7). The van der Waals surface area contributed by atoms with Crippen LogP contribution in [-0.4, -0.2) is 40.1 Å². The van der Waals surface area contributed by atoms with Crippen molar-refractivity contribution < 1.29 is 23.1 Å². The number of carboxylic acid groups (broad SMARTS) is 1. The van der Waals surface area contributed by atoms with E-state index in [4.69, 9.17) is 15.0 Å². The summed E-state index contributed by atoms with van der Waals surface area (Å²) in [6, 6.07) is 15.2. The minimum absolute atomic E-state index is 0.935. The second-order valence-electron chi connectivity index (χ2n) is 9.44. The summed E-state index contributed by atoms with van der Waals surface area (Å²) >= 11 is 0. The lowest BCUT2D eigenvalue weighted by molar-refractivity contribution is -0.192. The molecule has 0 fully saturated rings. The highest BCUT2D eigenvalue weighted by Gasteiger charge is 2.38. The van der Waals surface area contributed by atoms with Gasteiger partial charge in [0.25, 0.3) is 0 Å². The first-order chi connectivity index (χ1) is 17.5. The van der Waals surface area contributed by atoms with Crippen molar-refractivity contribution in [3.8, 4) is 0 Å². The van der Waals surface area contributed by atoms with Crippen LogP contribution in [0.3, 0.4) is 0 Å². The first-order valence-electron chi connectivity index (χ1n) is 12.4. The lowest BCUT2D eigenvalue weighted by Gasteiger charge is -2.31. The minimum Gasteiger partial charge on any atom is -0.475 e. The van der Waals surface area contributed by atoms with E-state index in [-0.39, 0.29) is 0 Å². The van der Waals surface area contributed by atoms with Crippen LogP contribution in [-0.2, 0) is 31.2 Å². The van der Waals surface area contributed by atoms with Gasteiger partial charge in [-0.25, -0.2) is 4.79 Å². The van der Waals surface area contributed by atoms with Gasteiger partial charge >= 0.3 is 12.1 Å². The number of hydrogen-bond donors (Lipinski definition) is 2. The molecule has 0 unspecified atom stereocenters. The third kappa shape index (κ3) is 7.35. The smallest absolute Gasteiger partial charge is 0.475 e. The van der Waals surface area contributed by atoms with Crippen LogP contribution in [0.2, 0.25) is 0 Å². The van der Waals surface area contributed by atoms with Crippen molar-refractivity contribution >= 4 is 17.5 Å². The summed E-state index contributed by atoms with van der Waals surface area (Å²) in [5.74, 6) is -1.58. The zero-order valence-electron chi connectivity index (χ0n) is 21.8. The van der Waals surface area contributed by atoms with Crippen molar-refractivity contribution in [1.29, 1.82) is 0 Å². The minimum atomic E-state index is -5.08. The Morgan fingerprint density at radius 2 is 1.73 bits per heavy atom. The van der Waals surface area contributed by atoms with E-state index in [0.29, 0.717) is 0 Å². The fourth-order valence-electron chi connectivity index (χ4n) is 4.92. The number of aromatic nitrogens is 2. The number of aryl methyl sites for hydroxylation is 4. The number of alkyl halides is 3. The van der Waals surface area contributed by atoms with Crippen molar-refractivity contribution in [2.75, 3.05) is 18.0 Å². The van der Waals surface area contributed by atoms with Gasteiger partial charge in [-0.2, -0.15) is 18.3 Å². The van der Waals surface area contributed by atoms with Gasteiger partial charge in [-0.15, -0.1) is 0 Å². The number of fused-ring (bicyclic) bond motifs is 1. The van der Waals surface area contributed by atoms with Crippen LogP contribution in [0.5, 0.6) is 0 Å². The molecule has 3 aromatic rings. The molecule has 2 heterocycles. The molecule has 37 heavy (non-hydrogen) atoms. The Kier molecular flexibility index (Phi) is 9.37. The lowest BCUT2D eigenvalue weighted by atomic mass is 9.98. The molecule has 0 bridgehead atoms. The Hall–Kier alpha value is -3.33. The van der Waals surface area contributed by atoms with E-state index in [1.807, 2.05) is 0 Å². The summed E-state index contributed by atoms with van der Waals surface area (Å²) < 4.78 is 33.9. The Morgan fingerprint density at radius 3 is 2.32 bits per heavy atom. The summed E-state index contributed by atoms with van der Waals surface area (Å²) in [5.41, 5.74) is 9.56. The normalized spacial score (nSPS) is 13.1. The molecule has 1 aliphatic heterocycles. The third-order valence-electron chi connectivity index (χ3n) is 6.40. The van der Waals surface area contributed by atoms with Gasteiger partial charge in [-0.05, 0) is 69.7 Å². The Labute approximate surface area is 216 Å². The lowest BCUT2D eigenvalue weighted by Crippen LogP contribution is -2.26. The van der Waals surface area contributed by atoms with Gasteiger partial charge in [0.05, 0.1) is 0 Å². The predicted octanol–water partition coefficient (Wildman–Crippen LogP) is 5.79. The van der Waals surface area contributed by atoms with E-state index < -0.39 is 12.1 Å². The topological polar surface area (TPSA) is 70.4 Å². The molecule has 0 spiro atoms. The summed E-state index contributed by atoms with van der Waals surface area (Å²) in [5, 5.41) is 15.7. The number of anilines is 2. The van der Waals surface area contributed by atoms with Gasteiger partial charge in [0.2, 0.25) is 0 Å². The molecular formula is C28H35F3N4O2. The Bertz CT molecular complexity index is 1180. The van der Waals surface area contributed by atoms with Crippen LogP contribution >= 0.6 is 0 Å². The maximum absolute atomic E-state index is 10.6. The zero-order valence-corrected chi connectivity index (χ0v) is 21.8. The molecule has 4 rings (SSSR count). The van der Waals surface area contributed by atoms with E-state index in [2.05, 4.69) is 85.2 Å². The largest absolute Gasteiger partial charge is 0.490 e. The summed E-state index contributed by atoms with van der Waals surface area (Å²) in [7, 11) is 2.11. The second-order valence-corrected chi connectivity index (χ2v) is 9.44.